The highest BCUT2D eigenvalue weighted by atomic mass is 16.5. The van der Waals surface area contributed by atoms with Crippen molar-refractivity contribution < 1.29 is 4.74 Å². The van der Waals surface area contributed by atoms with E-state index >= 15 is 0 Å². The van der Waals surface area contributed by atoms with E-state index in [1.165, 1.54) is 32.4 Å². The van der Waals surface area contributed by atoms with Crippen molar-refractivity contribution in [2.75, 3.05) is 33.3 Å². The Balaban J connectivity index is 1.75. The molecule has 0 bridgehead atoms. The number of ether oxygens (including phenoxy) is 1. The Labute approximate surface area is 119 Å². The summed E-state index contributed by atoms with van der Waals surface area (Å²) < 4.78 is 5.64. The molecule has 19 heavy (non-hydrogen) atoms. The van der Waals surface area contributed by atoms with Gasteiger partial charge in [0.2, 0.25) is 0 Å². The maximum atomic E-state index is 5.64. The number of piperidine rings is 1. The second-order valence-electron chi connectivity index (χ2n) is 6.99. The number of rotatable bonds is 6. The maximum absolute atomic E-state index is 5.64. The van der Waals surface area contributed by atoms with Crippen LogP contribution in [0.1, 0.15) is 40.0 Å². The van der Waals surface area contributed by atoms with Crippen LogP contribution >= 0.6 is 0 Å². The van der Waals surface area contributed by atoms with Gasteiger partial charge in [-0.1, -0.05) is 20.8 Å². The lowest BCUT2D eigenvalue weighted by molar-refractivity contribution is -0.0472. The van der Waals surface area contributed by atoms with E-state index < -0.39 is 0 Å². The minimum absolute atomic E-state index is 0.443. The van der Waals surface area contributed by atoms with Crippen molar-refractivity contribution in [2.24, 2.45) is 17.8 Å². The second kappa shape index (κ2) is 7.05. The van der Waals surface area contributed by atoms with Gasteiger partial charge in [-0.3, -0.25) is 4.90 Å². The quantitative estimate of drug-likeness (QED) is 0.800. The van der Waals surface area contributed by atoms with Gasteiger partial charge in [0.05, 0.1) is 6.10 Å². The summed E-state index contributed by atoms with van der Waals surface area (Å²) in [5, 5.41) is 3.63. The Morgan fingerprint density at radius 1 is 1.26 bits per heavy atom. The molecule has 1 saturated heterocycles. The van der Waals surface area contributed by atoms with Crippen LogP contribution in [0.3, 0.4) is 0 Å². The van der Waals surface area contributed by atoms with Crippen LogP contribution in [-0.2, 0) is 4.74 Å². The van der Waals surface area contributed by atoms with Crippen LogP contribution in [0.25, 0.3) is 0 Å². The van der Waals surface area contributed by atoms with Crippen molar-refractivity contribution in [3.63, 3.8) is 0 Å². The molecule has 2 rings (SSSR count). The highest BCUT2D eigenvalue weighted by molar-refractivity contribution is 4.93. The SMILES string of the molecule is COC1CN(C2CCC2CNCC(C)C)CCC1C. The van der Waals surface area contributed by atoms with Gasteiger partial charge in [0.25, 0.3) is 0 Å². The highest BCUT2D eigenvalue weighted by Gasteiger charge is 2.38. The van der Waals surface area contributed by atoms with E-state index in [4.69, 9.17) is 4.74 Å². The summed E-state index contributed by atoms with van der Waals surface area (Å²) in [6, 6.07) is 0.810. The molecule has 1 aliphatic carbocycles. The first-order chi connectivity index (χ1) is 9.11. The molecule has 0 radical (unpaired) electrons. The van der Waals surface area contributed by atoms with Gasteiger partial charge < -0.3 is 10.1 Å². The standard InChI is InChI=1S/C16H32N2O/c1-12(2)9-17-10-14-5-6-15(14)18-8-7-13(3)16(11-18)19-4/h12-17H,5-11H2,1-4H3. The van der Waals surface area contributed by atoms with Gasteiger partial charge in [-0.2, -0.15) is 0 Å². The summed E-state index contributed by atoms with van der Waals surface area (Å²) in [6.45, 7) is 11.7. The summed E-state index contributed by atoms with van der Waals surface area (Å²) in [4.78, 5) is 2.69. The molecule has 1 aliphatic heterocycles. The summed E-state index contributed by atoms with van der Waals surface area (Å²) in [6.07, 6.45) is 4.53. The zero-order valence-corrected chi connectivity index (χ0v) is 13.2. The predicted octanol–water partition coefficient (Wildman–Crippen LogP) is 2.37. The van der Waals surface area contributed by atoms with Crippen LogP contribution in [0.5, 0.6) is 0 Å². The van der Waals surface area contributed by atoms with Gasteiger partial charge in [-0.15, -0.1) is 0 Å². The van der Waals surface area contributed by atoms with E-state index in [0.717, 1.165) is 36.9 Å². The molecular weight excluding hydrogens is 236 g/mol. The minimum Gasteiger partial charge on any atom is -0.380 e. The van der Waals surface area contributed by atoms with Crippen molar-refractivity contribution >= 4 is 0 Å². The van der Waals surface area contributed by atoms with E-state index in [2.05, 4.69) is 31.0 Å². The van der Waals surface area contributed by atoms with Gasteiger partial charge in [-0.25, -0.2) is 0 Å². The molecule has 4 atom stereocenters. The normalized spacial score (nSPS) is 36.5. The fraction of sp³-hybridized carbons (Fsp3) is 1.00. The fourth-order valence-electron chi connectivity index (χ4n) is 3.49. The molecule has 2 aliphatic rings. The first-order valence-corrected chi connectivity index (χ1v) is 8.09. The Morgan fingerprint density at radius 2 is 2.05 bits per heavy atom. The monoisotopic (exact) mass is 268 g/mol. The average Bonchev–Trinajstić information content (AvgIpc) is 2.35. The third-order valence-corrected chi connectivity index (χ3v) is 5.03. The molecule has 112 valence electrons. The van der Waals surface area contributed by atoms with Gasteiger partial charge in [0.1, 0.15) is 0 Å². The topological polar surface area (TPSA) is 24.5 Å². The molecule has 1 N–H and O–H groups in total. The molecule has 0 amide bonds. The predicted molar refractivity (Wildman–Crippen MR) is 80.4 cm³/mol. The van der Waals surface area contributed by atoms with Crippen LogP contribution in [0.15, 0.2) is 0 Å². The second-order valence-corrected chi connectivity index (χ2v) is 6.99. The van der Waals surface area contributed by atoms with Gasteiger partial charge >= 0.3 is 0 Å². The molecule has 0 aromatic rings. The largest absolute Gasteiger partial charge is 0.380 e. The number of hydrogen-bond acceptors (Lipinski definition) is 3. The summed E-state index contributed by atoms with van der Waals surface area (Å²) in [7, 11) is 1.87. The summed E-state index contributed by atoms with van der Waals surface area (Å²) in [5.74, 6) is 2.34. The molecular formula is C16H32N2O. The fourth-order valence-corrected chi connectivity index (χ4v) is 3.49. The minimum atomic E-state index is 0.443. The number of methoxy groups -OCH3 is 1. The Morgan fingerprint density at radius 3 is 2.63 bits per heavy atom. The molecule has 0 spiro atoms. The van der Waals surface area contributed by atoms with Crippen LogP contribution in [-0.4, -0.2) is 50.3 Å². The lowest BCUT2D eigenvalue weighted by Crippen LogP contribution is -2.56. The summed E-state index contributed by atoms with van der Waals surface area (Å²) in [5.41, 5.74) is 0. The number of hydrogen-bond donors (Lipinski definition) is 1. The third kappa shape index (κ3) is 3.93. The van der Waals surface area contributed by atoms with E-state index in [-0.39, 0.29) is 0 Å². The van der Waals surface area contributed by atoms with Crippen LogP contribution in [0, 0.1) is 17.8 Å². The lowest BCUT2D eigenvalue weighted by Gasteiger charge is -2.48. The zero-order chi connectivity index (χ0) is 13.8. The van der Waals surface area contributed by atoms with Crippen molar-refractivity contribution in [3.05, 3.63) is 0 Å². The first-order valence-electron chi connectivity index (χ1n) is 8.09. The average molecular weight is 268 g/mol. The van der Waals surface area contributed by atoms with Crippen LogP contribution in [0.2, 0.25) is 0 Å². The van der Waals surface area contributed by atoms with E-state index in [1.54, 1.807) is 0 Å². The first kappa shape index (κ1) is 15.3. The molecule has 2 fully saturated rings. The van der Waals surface area contributed by atoms with E-state index in [1.807, 2.05) is 7.11 Å². The van der Waals surface area contributed by atoms with Crippen molar-refractivity contribution in [1.82, 2.24) is 10.2 Å². The Hall–Kier alpha value is -0.120. The molecule has 1 heterocycles. The van der Waals surface area contributed by atoms with Crippen molar-refractivity contribution in [2.45, 2.75) is 52.2 Å². The lowest BCUT2D eigenvalue weighted by atomic mass is 9.77. The van der Waals surface area contributed by atoms with E-state index in [0.29, 0.717) is 6.10 Å². The smallest absolute Gasteiger partial charge is 0.0724 e. The van der Waals surface area contributed by atoms with Gasteiger partial charge in [0, 0.05) is 19.7 Å². The van der Waals surface area contributed by atoms with Gasteiger partial charge in [0.15, 0.2) is 0 Å². The zero-order valence-electron chi connectivity index (χ0n) is 13.2. The molecule has 1 saturated carbocycles. The van der Waals surface area contributed by atoms with Crippen molar-refractivity contribution in [3.8, 4) is 0 Å². The number of likely N-dealkylation sites (tertiary alicyclic amines) is 1. The highest BCUT2D eigenvalue weighted by Crippen LogP contribution is 2.34. The Bertz CT molecular complexity index is 269. The van der Waals surface area contributed by atoms with Crippen molar-refractivity contribution in [1.29, 1.82) is 0 Å². The van der Waals surface area contributed by atoms with E-state index in [9.17, 15) is 0 Å². The molecule has 0 aromatic heterocycles. The maximum Gasteiger partial charge on any atom is 0.0724 e. The molecule has 3 nitrogen and oxygen atoms in total. The third-order valence-electron chi connectivity index (χ3n) is 5.03. The van der Waals surface area contributed by atoms with Gasteiger partial charge in [-0.05, 0) is 56.7 Å². The van der Waals surface area contributed by atoms with Crippen LogP contribution < -0.4 is 5.32 Å². The number of nitrogens with zero attached hydrogens (tertiary/aromatic N) is 1. The Kier molecular flexibility index (Phi) is 5.67. The molecule has 0 aromatic carbocycles. The summed E-state index contributed by atoms with van der Waals surface area (Å²) >= 11 is 0. The number of nitrogens with one attached hydrogen (secondary N) is 1. The molecule has 4 unspecified atom stereocenters. The molecule has 3 heteroatoms. The van der Waals surface area contributed by atoms with Crippen LogP contribution in [0.4, 0.5) is 0 Å².